The van der Waals surface area contributed by atoms with Gasteiger partial charge in [0.2, 0.25) is 0 Å². The van der Waals surface area contributed by atoms with Gasteiger partial charge in [0.15, 0.2) is 17.3 Å². The highest BCUT2D eigenvalue weighted by Crippen LogP contribution is 2.38. The number of hydrogen-bond acceptors (Lipinski definition) is 3. The predicted molar refractivity (Wildman–Crippen MR) is 79.1 cm³/mol. The molecule has 20 heavy (non-hydrogen) atoms. The second kappa shape index (κ2) is 5.90. The molecule has 0 unspecified atom stereocenters. The molecule has 0 aromatic heterocycles. The Morgan fingerprint density at radius 1 is 1.20 bits per heavy atom. The lowest BCUT2D eigenvalue weighted by atomic mass is 10.0. The summed E-state index contributed by atoms with van der Waals surface area (Å²) in [6, 6.07) is 4.52. The minimum absolute atomic E-state index is 0.0439. The van der Waals surface area contributed by atoms with Gasteiger partial charge in [-0.2, -0.15) is 0 Å². The molecule has 1 aliphatic rings. The summed E-state index contributed by atoms with van der Waals surface area (Å²) in [5, 5.41) is 19.4. The highest BCUT2D eigenvalue weighted by molar-refractivity contribution is 6.46. The lowest BCUT2D eigenvalue weighted by Crippen LogP contribution is -2.04. The van der Waals surface area contributed by atoms with E-state index >= 15 is 0 Å². The van der Waals surface area contributed by atoms with Crippen molar-refractivity contribution in [3.05, 3.63) is 45.0 Å². The summed E-state index contributed by atoms with van der Waals surface area (Å²) in [5.74, 6) is -0.403. The Morgan fingerprint density at radius 3 is 2.45 bits per heavy atom. The smallest absolute Gasteiger partial charge is 0.161 e. The van der Waals surface area contributed by atoms with E-state index in [1.807, 2.05) is 6.92 Å². The number of rotatable bonds is 4. The molecule has 1 aromatic carbocycles. The molecule has 5 heteroatoms. The van der Waals surface area contributed by atoms with Crippen molar-refractivity contribution in [2.45, 2.75) is 26.2 Å². The predicted octanol–water partition coefficient (Wildman–Crippen LogP) is 4.01. The fraction of sp³-hybridized carbons (Fsp3) is 0.267. The SMILES string of the molecule is CC1=C(Cl)C(Cl)=C(C(=O)CCc2ccc(O)c(O)c2)C1. The third-order valence-electron chi connectivity index (χ3n) is 3.29. The van der Waals surface area contributed by atoms with Crippen LogP contribution in [0.1, 0.15) is 25.3 Å². The molecular weight excluding hydrogens is 299 g/mol. The van der Waals surface area contributed by atoms with Gasteiger partial charge in [-0.1, -0.05) is 29.3 Å². The molecule has 0 fully saturated rings. The van der Waals surface area contributed by atoms with Gasteiger partial charge in [0.25, 0.3) is 0 Å². The van der Waals surface area contributed by atoms with E-state index in [0.29, 0.717) is 28.5 Å². The summed E-state index contributed by atoms with van der Waals surface area (Å²) >= 11 is 12.0. The van der Waals surface area contributed by atoms with Crippen molar-refractivity contribution in [1.29, 1.82) is 0 Å². The number of carbonyl (C=O) groups excluding carboxylic acids is 1. The summed E-state index contributed by atoms with van der Waals surface area (Å²) in [6.45, 7) is 1.85. The number of phenolic OH excluding ortho intramolecular Hbond substituents is 2. The van der Waals surface area contributed by atoms with E-state index in [0.717, 1.165) is 11.1 Å². The monoisotopic (exact) mass is 312 g/mol. The zero-order valence-electron chi connectivity index (χ0n) is 10.9. The summed E-state index contributed by atoms with van der Waals surface area (Å²) < 4.78 is 0. The van der Waals surface area contributed by atoms with Crippen molar-refractivity contribution in [2.24, 2.45) is 0 Å². The number of aryl methyl sites for hydroxylation is 1. The van der Waals surface area contributed by atoms with Crippen LogP contribution >= 0.6 is 23.2 Å². The largest absolute Gasteiger partial charge is 0.504 e. The maximum Gasteiger partial charge on any atom is 0.161 e. The average Bonchev–Trinajstić information content (AvgIpc) is 2.67. The molecule has 0 aliphatic heterocycles. The zero-order valence-corrected chi connectivity index (χ0v) is 12.4. The van der Waals surface area contributed by atoms with Crippen molar-refractivity contribution in [1.82, 2.24) is 0 Å². The lowest BCUT2D eigenvalue weighted by molar-refractivity contribution is -0.115. The standard InChI is InChI=1S/C15H14Cl2O3/c1-8-6-10(15(17)14(8)16)11(18)4-2-9-3-5-12(19)13(20)7-9/h3,5,7,19-20H,2,4,6H2,1H3. The van der Waals surface area contributed by atoms with E-state index in [1.54, 1.807) is 6.07 Å². The second-order valence-electron chi connectivity index (χ2n) is 4.81. The maximum absolute atomic E-state index is 12.1. The highest BCUT2D eigenvalue weighted by atomic mass is 35.5. The quantitative estimate of drug-likeness (QED) is 0.826. The van der Waals surface area contributed by atoms with E-state index < -0.39 is 0 Å². The zero-order chi connectivity index (χ0) is 14.9. The topological polar surface area (TPSA) is 57.5 Å². The average molecular weight is 313 g/mol. The van der Waals surface area contributed by atoms with Crippen LogP contribution < -0.4 is 0 Å². The Balaban J connectivity index is 2.02. The van der Waals surface area contributed by atoms with E-state index in [1.165, 1.54) is 12.1 Å². The normalized spacial score (nSPS) is 15.2. The van der Waals surface area contributed by atoms with Crippen molar-refractivity contribution in [3.63, 3.8) is 0 Å². The molecule has 3 nitrogen and oxygen atoms in total. The van der Waals surface area contributed by atoms with Crippen LogP contribution in [0.4, 0.5) is 0 Å². The Labute approximate surface area is 127 Å². The molecular formula is C15H14Cl2O3. The van der Waals surface area contributed by atoms with Crippen molar-refractivity contribution >= 4 is 29.0 Å². The van der Waals surface area contributed by atoms with Gasteiger partial charge in [-0.15, -0.1) is 0 Å². The molecule has 0 bridgehead atoms. The van der Waals surface area contributed by atoms with Gasteiger partial charge in [0, 0.05) is 12.0 Å². The molecule has 0 atom stereocenters. The number of Topliss-reactive ketones (excluding diaryl/α,β-unsaturated/α-hetero) is 1. The fourth-order valence-corrected chi connectivity index (χ4v) is 2.61. The molecule has 0 amide bonds. The minimum Gasteiger partial charge on any atom is -0.504 e. The van der Waals surface area contributed by atoms with Gasteiger partial charge < -0.3 is 10.2 Å². The molecule has 0 spiro atoms. The minimum atomic E-state index is -0.186. The molecule has 1 aliphatic carbocycles. The molecule has 0 heterocycles. The number of phenols is 2. The van der Waals surface area contributed by atoms with Gasteiger partial charge in [0.05, 0.1) is 10.1 Å². The first-order chi connectivity index (χ1) is 9.40. The van der Waals surface area contributed by atoms with Crippen LogP contribution in [0.5, 0.6) is 11.5 Å². The summed E-state index contributed by atoms with van der Waals surface area (Å²) in [7, 11) is 0. The third kappa shape index (κ3) is 3.00. The number of carbonyl (C=O) groups is 1. The molecule has 106 valence electrons. The molecule has 0 radical (unpaired) electrons. The first-order valence-corrected chi connectivity index (χ1v) is 6.94. The van der Waals surface area contributed by atoms with Crippen molar-refractivity contribution in [2.75, 3.05) is 0 Å². The molecule has 1 aromatic rings. The van der Waals surface area contributed by atoms with Gasteiger partial charge in [-0.25, -0.2) is 0 Å². The number of hydrogen-bond donors (Lipinski definition) is 2. The Kier molecular flexibility index (Phi) is 4.41. The first-order valence-electron chi connectivity index (χ1n) is 6.18. The summed E-state index contributed by atoms with van der Waals surface area (Å²) in [4.78, 5) is 12.1. The molecule has 0 saturated heterocycles. The fourth-order valence-electron chi connectivity index (χ4n) is 2.09. The van der Waals surface area contributed by atoms with E-state index in [-0.39, 0.29) is 23.7 Å². The molecule has 0 saturated carbocycles. The Morgan fingerprint density at radius 2 is 1.90 bits per heavy atom. The van der Waals surface area contributed by atoms with E-state index in [2.05, 4.69) is 0 Å². The summed E-state index contributed by atoms with van der Waals surface area (Å²) in [5.41, 5.74) is 2.23. The van der Waals surface area contributed by atoms with Gasteiger partial charge in [0.1, 0.15) is 0 Å². The van der Waals surface area contributed by atoms with E-state index in [4.69, 9.17) is 23.2 Å². The Bertz CT molecular complexity index is 630. The van der Waals surface area contributed by atoms with Gasteiger partial charge in [-0.05, 0) is 43.0 Å². The third-order valence-corrected chi connectivity index (χ3v) is 4.32. The number of aromatic hydroxyl groups is 2. The lowest BCUT2D eigenvalue weighted by Gasteiger charge is -2.05. The van der Waals surface area contributed by atoms with Crippen LogP contribution in [-0.4, -0.2) is 16.0 Å². The number of allylic oxidation sites excluding steroid dienone is 4. The second-order valence-corrected chi connectivity index (χ2v) is 5.57. The Hall–Kier alpha value is -1.45. The van der Waals surface area contributed by atoms with Crippen LogP contribution in [0.3, 0.4) is 0 Å². The van der Waals surface area contributed by atoms with E-state index in [9.17, 15) is 15.0 Å². The molecule has 2 rings (SSSR count). The number of halogens is 2. The van der Waals surface area contributed by atoms with Crippen LogP contribution in [0, 0.1) is 0 Å². The van der Waals surface area contributed by atoms with Crippen molar-refractivity contribution < 1.29 is 15.0 Å². The van der Waals surface area contributed by atoms with Crippen LogP contribution in [0.25, 0.3) is 0 Å². The van der Waals surface area contributed by atoms with Gasteiger partial charge >= 0.3 is 0 Å². The van der Waals surface area contributed by atoms with Crippen LogP contribution in [0.15, 0.2) is 39.4 Å². The first kappa shape index (κ1) is 14.9. The maximum atomic E-state index is 12.1. The van der Waals surface area contributed by atoms with Gasteiger partial charge in [-0.3, -0.25) is 4.79 Å². The highest BCUT2D eigenvalue weighted by Gasteiger charge is 2.24. The number of ketones is 1. The molecule has 2 N–H and O–H groups in total. The van der Waals surface area contributed by atoms with Crippen LogP contribution in [0.2, 0.25) is 0 Å². The van der Waals surface area contributed by atoms with Crippen molar-refractivity contribution in [3.8, 4) is 11.5 Å². The number of benzene rings is 1. The van der Waals surface area contributed by atoms with Crippen LogP contribution in [-0.2, 0) is 11.2 Å². The summed E-state index contributed by atoms with van der Waals surface area (Å²) in [6.07, 6.45) is 1.25.